The van der Waals surface area contributed by atoms with Gasteiger partial charge in [-0.3, -0.25) is 4.90 Å². The van der Waals surface area contributed by atoms with Gasteiger partial charge in [-0.05, 0) is 31.7 Å². The average molecular weight is 305 g/mol. The topological polar surface area (TPSA) is 30.9 Å². The fourth-order valence-electron chi connectivity index (χ4n) is 3.36. The van der Waals surface area contributed by atoms with E-state index in [1.165, 1.54) is 5.56 Å². The molecule has 0 aliphatic carbocycles. The Kier molecular flexibility index (Phi) is 5.70. The van der Waals surface area contributed by atoms with Crippen molar-refractivity contribution in [2.75, 3.05) is 33.4 Å². The first-order chi connectivity index (χ1) is 10.8. The molecule has 0 atom stereocenters. The molecule has 0 saturated carbocycles. The molecule has 2 fully saturated rings. The summed E-state index contributed by atoms with van der Waals surface area (Å²) in [5, 5.41) is 0. The van der Waals surface area contributed by atoms with Crippen LogP contribution in [0.15, 0.2) is 24.3 Å². The van der Waals surface area contributed by atoms with Gasteiger partial charge in [-0.2, -0.15) is 0 Å². The van der Waals surface area contributed by atoms with Crippen LogP contribution >= 0.6 is 0 Å². The molecule has 2 saturated heterocycles. The zero-order valence-corrected chi connectivity index (χ0v) is 13.5. The van der Waals surface area contributed by atoms with E-state index in [-0.39, 0.29) is 0 Å². The van der Waals surface area contributed by atoms with Gasteiger partial charge in [0.1, 0.15) is 5.75 Å². The van der Waals surface area contributed by atoms with Crippen LogP contribution < -0.4 is 4.74 Å². The van der Waals surface area contributed by atoms with E-state index < -0.39 is 0 Å². The minimum Gasteiger partial charge on any atom is -0.496 e. The number of hydrogen-bond donors (Lipinski definition) is 0. The first kappa shape index (κ1) is 15.8. The van der Waals surface area contributed by atoms with Gasteiger partial charge in [0, 0.05) is 38.4 Å². The van der Waals surface area contributed by atoms with Crippen LogP contribution in [0.2, 0.25) is 0 Å². The van der Waals surface area contributed by atoms with Gasteiger partial charge in [0.15, 0.2) is 0 Å². The molecular weight excluding hydrogens is 278 g/mol. The monoisotopic (exact) mass is 305 g/mol. The molecule has 1 aromatic rings. The van der Waals surface area contributed by atoms with Gasteiger partial charge in [0.05, 0.1) is 19.3 Å². The van der Waals surface area contributed by atoms with Crippen LogP contribution in [-0.2, 0) is 16.0 Å². The molecule has 0 radical (unpaired) electrons. The predicted molar refractivity (Wildman–Crippen MR) is 86.2 cm³/mol. The van der Waals surface area contributed by atoms with Crippen molar-refractivity contribution in [1.29, 1.82) is 0 Å². The van der Waals surface area contributed by atoms with E-state index in [9.17, 15) is 0 Å². The Labute approximate surface area is 133 Å². The van der Waals surface area contributed by atoms with Crippen LogP contribution in [0.4, 0.5) is 0 Å². The number of nitrogens with zero attached hydrogens (tertiary/aromatic N) is 1. The highest BCUT2D eigenvalue weighted by molar-refractivity contribution is 5.33. The molecule has 0 aromatic heterocycles. The van der Waals surface area contributed by atoms with E-state index >= 15 is 0 Å². The maximum atomic E-state index is 6.24. The molecule has 2 aliphatic rings. The lowest BCUT2D eigenvalue weighted by atomic mass is 10.0. The standard InChI is InChI=1S/C18H27NO3/c1-20-18-5-3-2-4-15(18)14-19-10-6-16(7-11-19)22-17-8-12-21-13-9-17/h2-5,16-17H,6-14H2,1H3. The third-order valence-electron chi connectivity index (χ3n) is 4.67. The van der Waals surface area contributed by atoms with Gasteiger partial charge in [0.25, 0.3) is 0 Å². The fraction of sp³-hybridized carbons (Fsp3) is 0.667. The highest BCUT2D eigenvalue weighted by atomic mass is 16.5. The zero-order valence-electron chi connectivity index (χ0n) is 13.5. The van der Waals surface area contributed by atoms with Gasteiger partial charge >= 0.3 is 0 Å². The van der Waals surface area contributed by atoms with Crippen molar-refractivity contribution in [3.8, 4) is 5.75 Å². The smallest absolute Gasteiger partial charge is 0.123 e. The Morgan fingerprint density at radius 3 is 2.45 bits per heavy atom. The molecule has 1 aromatic carbocycles. The molecular formula is C18H27NO3. The van der Waals surface area contributed by atoms with Crippen LogP contribution in [0.5, 0.6) is 5.75 Å². The van der Waals surface area contributed by atoms with Crippen molar-refractivity contribution in [3.05, 3.63) is 29.8 Å². The zero-order chi connectivity index (χ0) is 15.2. The van der Waals surface area contributed by atoms with Gasteiger partial charge in [-0.1, -0.05) is 18.2 Å². The lowest BCUT2D eigenvalue weighted by molar-refractivity contribution is -0.0851. The Morgan fingerprint density at radius 2 is 1.73 bits per heavy atom. The highest BCUT2D eigenvalue weighted by Gasteiger charge is 2.24. The second-order valence-electron chi connectivity index (χ2n) is 6.24. The van der Waals surface area contributed by atoms with E-state index in [2.05, 4.69) is 17.0 Å². The summed E-state index contributed by atoms with van der Waals surface area (Å²) in [5.74, 6) is 0.989. The van der Waals surface area contributed by atoms with E-state index in [1.54, 1.807) is 7.11 Å². The maximum absolute atomic E-state index is 6.24. The van der Waals surface area contributed by atoms with Gasteiger partial charge in [-0.15, -0.1) is 0 Å². The predicted octanol–water partition coefficient (Wildman–Crippen LogP) is 2.86. The van der Waals surface area contributed by atoms with Crippen molar-refractivity contribution in [2.24, 2.45) is 0 Å². The molecule has 0 bridgehead atoms. The minimum absolute atomic E-state index is 0.416. The third-order valence-corrected chi connectivity index (χ3v) is 4.67. The van der Waals surface area contributed by atoms with Gasteiger partial charge < -0.3 is 14.2 Å². The molecule has 0 unspecified atom stereocenters. The number of likely N-dealkylation sites (tertiary alicyclic amines) is 1. The number of methoxy groups -OCH3 is 1. The molecule has 0 spiro atoms. The summed E-state index contributed by atoms with van der Waals surface area (Å²) in [5.41, 5.74) is 1.27. The number of benzene rings is 1. The lowest BCUT2D eigenvalue weighted by Gasteiger charge is -2.35. The Morgan fingerprint density at radius 1 is 1.05 bits per heavy atom. The molecule has 22 heavy (non-hydrogen) atoms. The lowest BCUT2D eigenvalue weighted by Crippen LogP contribution is -2.39. The van der Waals surface area contributed by atoms with Crippen molar-refractivity contribution >= 4 is 0 Å². The number of ether oxygens (including phenoxy) is 3. The number of hydrogen-bond acceptors (Lipinski definition) is 4. The van der Waals surface area contributed by atoms with Gasteiger partial charge in [-0.25, -0.2) is 0 Å². The summed E-state index contributed by atoms with van der Waals surface area (Å²) in [7, 11) is 1.74. The second kappa shape index (κ2) is 7.95. The number of para-hydroxylation sites is 1. The summed E-state index contributed by atoms with van der Waals surface area (Å²) in [6, 6.07) is 8.30. The van der Waals surface area contributed by atoms with Crippen molar-refractivity contribution in [2.45, 2.75) is 44.4 Å². The molecule has 122 valence electrons. The van der Waals surface area contributed by atoms with Crippen molar-refractivity contribution in [3.63, 3.8) is 0 Å². The van der Waals surface area contributed by atoms with E-state index in [1.807, 2.05) is 12.1 Å². The van der Waals surface area contributed by atoms with Crippen LogP contribution in [-0.4, -0.2) is 50.5 Å². The molecule has 2 aliphatic heterocycles. The largest absolute Gasteiger partial charge is 0.496 e. The molecule has 3 rings (SSSR count). The highest BCUT2D eigenvalue weighted by Crippen LogP contribution is 2.24. The summed E-state index contributed by atoms with van der Waals surface area (Å²) >= 11 is 0. The maximum Gasteiger partial charge on any atom is 0.123 e. The van der Waals surface area contributed by atoms with Crippen LogP contribution in [0, 0.1) is 0 Å². The molecule has 2 heterocycles. The third kappa shape index (κ3) is 4.22. The van der Waals surface area contributed by atoms with Crippen LogP contribution in [0.3, 0.4) is 0 Å². The Bertz CT molecular complexity index is 451. The number of piperidine rings is 1. The minimum atomic E-state index is 0.416. The SMILES string of the molecule is COc1ccccc1CN1CCC(OC2CCOCC2)CC1. The van der Waals surface area contributed by atoms with Crippen molar-refractivity contribution < 1.29 is 14.2 Å². The molecule has 0 N–H and O–H groups in total. The molecule has 4 heteroatoms. The molecule has 4 nitrogen and oxygen atoms in total. The summed E-state index contributed by atoms with van der Waals surface area (Å²) in [6.07, 6.45) is 5.22. The van der Waals surface area contributed by atoms with E-state index in [0.29, 0.717) is 12.2 Å². The normalized spacial score (nSPS) is 21.9. The Balaban J connectivity index is 1.45. The first-order valence-electron chi connectivity index (χ1n) is 8.42. The Hall–Kier alpha value is -1.10. The van der Waals surface area contributed by atoms with E-state index in [0.717, 1.165) is 64.3 Å². The average Bonchev–Trinajstić information content (AvgIpc) is 2.58. The van der Waals surface area contributed by atoms with E-state index in [4.69, 9.17) is 14.2 Å². The van der Waals surface area contributed by atoms with Crippen LogP contribution in [0.25, 0.3) is 0 Å². The quantitative estimate of drug-likeness (QED) is 0.837. The number of rotatable bonds is 5. The van der Waals surface area contributed by atoms with Crippen molar-refractivity contribution in [1.82, 2.24) is 4.90 Å². The summed E-state index contributed by atoms with van der Waals surface area (Å²) in [6.45, 7) is 4.89. The second-order valence-corrected chi connectivity index (χ2v) is 6.24. The van der Waals surface area contributed by atoms with Crippen LogP contribution in [0.1, 0.15) is 31.2 Å². The first-order valence-corrected chi connectivity index (χ1v) is 8.42. The summed E-state index contributed by atoms with van der Waals surface area (Å²) in [4.78, 5) is 2.50. The fourth-order valence-corrected chi connectivity index (χ4v) is 3.36. The van der Waals surface area contributed by atoms with Gasteiger partial charge in [0.2, 0.25) is 0 Å². The molecule has 0 amide bonds. The summed E-state index contributed by atoms with van der Waals surface area (Å²) < 4.78 is 17.1.